The van der Waals surface area contributed by atoms with E-state index in [0.29, 0.717) is 23.0 Å². The van der Waals surface area contributed by atoms with E-state index >= 15 is 0 Å². The topological polar surface area (TPSA) is 119 Å². The molecule has 0 saturated heterocycles. The third kappa shape index (κ3) is 5.11. The average Bonchev–Trinajstić information content (AvgIpc) is 3.23. The molecule has 1 N–H and O–H groups in total. The van der Waals surface area contributed by atoms with Crippen molar-refractivity contribution in [3.63, 3.8) is 0 Å². The normalized spacial score (nSPS) is 12.0. The molecule has 0 aliphatic carbocycles. The second-order valence-corrected chi connectivity index (χ2v) is 7.03. The number of aryl methyl sites for hydroxylation is 1. The van der Waals surface area contributed by atoms with Gasteiger partial charge in [0.1, 0.15) is 16.6 Å². The van der Waals surface area contributed by atoms with Gasteiger partial charge in [-0.05, 0) is 36.6 Å². The Hall–Kier alpha value is -3.73. The summed E-state index contributed by atoms with van der Waals surface area (Å²) in [6.07, 6.45) is 0.796. The molecule has 0 fully saturated rings. The molecule has 0 bridgehead atoms. The van der Waals surface area contributed by atoms with Gasteiger partial charge in [0.25, 0.3) is 0 Å². The fourth-order valence-electron chi connectivity index (χ4n) is 2.67. The Morgan fingerprint density at radius 2 is 1.94 bits per heavy atom. The molecule has 9 nitrogen and oxygen atoms in total. The van der Waals surface area contributed by atoms with Crippen LogP contribution in [0.15, 0.2) is 50.9 Å². The number of hydrogen-bond acceptors (Lipinski definition) is 9. The zero-order valence-corrected chi connectivity index (χ0v) is 18.4. The van der Waals surface area contributed by atoms with Gasteiger partial charge in [-0.3, -0.25) is 0 Å². The lowest BCUT2D eigenvalue weighted by molar-refractivity contribution is 0.183. The molecule has 3 aromatic rings. The Balaban J connectivity index is 2.13. The molecular formula is C21H19FN4O5S. The number of hydrogen-bond donors (Lipinski definition) is 1. The van der Waals surface area contributed by atoms with Crippen LogP contribution in [-0.2, 0) is 4.74 Å². The summed E-state index contributed by atoms with van der Waals surface area (Å²) in [5, 5.41) is 13.8. The van der Waals surface area contributed by atoms with Crippen LogP contribution in [0.4, 0.5) is 14.9 Å². The van der Waals surface area contributed by atoms with E-state index in [0.717, 1.165) is 17.8 Å². The number of aromatic hydroxyl groups is 1. The standard InChI is InChI=1S/C21H19FN4O5S/c1-11-23-19(26-31-11)12-5-7-13(8-6-12)24-18(20(32-4)25-21(28)30-3)14-9-17(29-2)16(27)10-15(14)22/h5-10,27H,1-4H3/b24-18?,25-20-. The van der Waals surface area contributed by atoms with Crippen molar-refractivity contribution in [2.45, 2.75) is 6.92 Å². The van der Waals surface area contributed by atoms with E-state index in [2.05, 4.69) is 24.9 Å². The molecule has 0 saturated carbocycles. The number of carbonyl (C=O) groups excluding carboxylic acids is 1. The number of thioether (sulfide) groups is 1. The summed E-state index contributed by atoms with van der Waals surface area (Å²) in [5.74, 6) is -0.249. The molecular weight excluding hydrogens is 439 g/mol. The molecule has 0 aliphatic heterocycles. The van der Waals surface area contributed by atoms with E-state index in [-0.39, 0.29) is 27.8 Å². The number of aliphatic imine (C=N–C) groups is 2. The van der Waals surface area contributed by atoms with Gasteiger partial charge < -0.3 is 19.1 Å². The van der Waals surface area contributed by atoms with Crippen molar-refractivity contribution in [1.82, 2.24) is 10.1 Å². The minimum Gasteiger partial charge on any atom is -0.504 e. The first-order valence-corrected chi connectivity index (χ1v) is 10.4. The molecule has 1 aromatic heterocycles. The molecule has 0 radical (unpaired) electrons. The molecule has 0 aliphatic rings. The zero-order chi connectivity index (χ0) is 23.3. The summed E-state index contributed by atoms with van der Waals surface area (Å²) >= 11 is 1.08. The minimum atomic E-state index is -0.865. The predicted octanol–water partition coefficient (Wildman–Crippen LogP) is 4.55. The zero-order valence-electron chi connectivity index (χ0n) is 17.6. The molecule has 0 atom stereocenters. The van der Waals surface area contributed by atoms with Crippen LogP contribution in [0.25, 0.3) is 11.4 Å². The highest BCUT2D eigenvalue weighted by atomic mass is 32.2. The smallest absolute Gasteiger partial charge is 0.434 e. The van der Waals surface area contributed by atoms with Crippen LogP contribution in [0.5, 0.6) is 11.5 Å². The minimum absolute atomic E-state index is 0.0190. The van der Waals surface area contributed by atoms with Crippen LogP contribution in [0.2, 0.25) is 0 Å². The fourth-order valence-corrected chi connectivity index (χ4v) is 3.18. The highest BCUT2D eigenvalue weighted by Gasteiger charge is 2.21. The SMILES string of the molecule is COC(=O)/N=C(\SC)C(=Nc1ccc(-c2noc(C)n2)cc1)c1cc(OC)c(O)cc1F. The summed E-state index contributed by atoms with van der Waals surface area (Å²) in [6, 6.07) is 8.99. The second-order valence-electron chi connectivity index (χ2n) is 6.24. The van der Waals surface area contributed by atoms with E-state index in [1.165, 1.54) is 20.3 Å². The lowest BCUT2D eigenvalue weighted by Gasteiger charge is -2.12. The quantitative estimate of drug-likeness (QED) is 0.437. The third-order valence-corrected chi connectivity index (χ3v) is 4.85. The van der Waals surface area contributed by atoms with Gasteiger partial charge in [0, 0.05) is 24.1 Å². The van der Waals surface area contributed by atoms with Crippen molar-refractivity contribution in [2.24, 2.45) is 9.98 Å². The molecule has 1 amide bonds. The van der Waals surface area contributed by atoms with Crippen LogP contribution in [0.1, 0.15) is 11.5 Å². The van der Waals surface area contributed by atoms with E-state index < -0.39 is 11.9 Å². The lowest BCUT2D eigenvalue weighted by Crippen LogP contribution is -2.16. The summed E-state index contributed by atoms with van der Waals surface area (Å²) < 4.78 is 29.5. The Morgan fingerprint density at radius 1 is 1.22 bits per heavy atom. The van der Waals surface area contributed by atoms with Gasteiger partial charge in [0.05, 0.1) is 19.9 Å². The first kappa shape index (κ1) is 22.9. The van der Waals surface area contributed by atoms with Crippen LogP contribution >= 0.6 is 11.8 Å². The van der Waals surface area contributed by atoms with Crippen molar-refractivity contribution < 1.29 is 28.3 Å². The Morgan fingerprint density at radius 3 is 2.50 bits per heavy atom. The van der Waals surface area contributed by atoms with Crippen LogP contribution in [-0.4, -0.2) is 52.6 Å². The summed E-state index contributed by atoms with van der Waals surface area (Å²) in [7, 11) is 2.52. The number of benzene rings is 2. The number of rotatable bonds is 5. The molecule has 3 rings (SSSR count). The molecule has 0 spiro atoms. The van der Waals surface area contributed by atoms with Crippen molar-refractivity contribution >= 4 is 34.3 Å². The number of ether oxygens (including phenoxy) is 2. The van der Waals surface area contributed by atoms with Gasteiger partial charge in [-0.25, -0.2) is 14.2 Å². The van der Waals surface area contributed by atoms with E-state index in [9.17, 15) is 14.3 Å². The van der Waals surface area contributed by atoms with Gasteiger partial charge >= 0.3 is 6.09 Å². The van der Waals surface area contributed by atoms with E-state index in [1.54, 1.807) is 37.4 Å². The number of phenols is 1. The summed E-state index contributed by atoms with van der Waals surface area (Å²) in [6.45, 7) is 1.69. The number of halogens is 1. The fraction of sp³-hybridized carbons (Fsp3) is 0.190. The summed E-state index contributed by atoms with van der Waals surface area (Å²) in [5.41, 5.74) is 1.19. The van der Waals surface area contributed by atoms with E-state index in [4.69, 9.17) is 9.26 Å². The predicted molar refractivity (Wildman–Crippen MR) is 119 cm³/mol. The maximum absolute atomic E-state index is 14.8. The van der Waals surface area contributed by atoms with Crippen LogP contribution in [0, 0.1) is 12.7 Å². The first-order chi connectivity index (χ1) is 15.4. The first-order valence-electron chi connectivity index (χ1n) is 9.13. The Bertz CT molecular complexity index is 1190. The number of methoxy groups -OCH3 is 2. The molecule has 166 valence electrons. The number of nitrogens with zero attached hydrogens (tertiary/aromatic N) is 4. The highest BCUT2D eigenvalue weighted by Crippen LogP contribution is 2.31. The second kappa shape index (κ2) is 10.1. The molecule has 32 heavy (non-hydrogen) atoms. The van der Waals surface area contributed by atoms with Gasteiger partial charge in [-0.1, -0.05) is 5.16 Å². The number of aromatic nitrogens is 2. The molecule has 1 heterocycles. The lowest BCUT2D eigenvalue weighted by atomic mass is 10.1. The number of amides is 1. The van der Waals surface area contributed by atoms with Gasteiger partial charge in [-0.15, -0.1) is 11.8 Å². The largest absolute Gasteiger partial charge is 0.504 e. The van der Waals surface area contributed by atoms with Crippen molar-refractivity contribution in [2.75, 3.05) is 20.5 Å². The molecule has 11 heteroatoms. The number of carbonyl (C=O) groups is 1. The van der Waals surface area contributed by atoms with Gasteiger partial charge in [0.2, 0.25) is 11.7 Å². The van der Waals surface area contributed by atoms with Crippen LogP contribution in [0.3, 0.4) is 0 Å². The van der Waals surface area contributed by atoms with Gasteiger partial charge in [0.15, 0.2) is 11.5 Å². The van der Waals surface area contributed by atoms with Crippen molar-refractivity contribution in [3.8, 4) is 22.9 Å². The average molecular weight is 458 g/mol. The maximum Gasteiger partial charge on any atom is 0.434 e. The Kier molecular flexibility index (Phi) is 7.21. The highest BCUT2D eigenvalue weighted by molar-refractivity contribution is 8.15. The van der Waals surface area contributed by atoms with Gasteiger partial charge in [-0.2, -0.15) is 9.98 Å². The summed E-state index contributed by atoms with van der Waals surface area (Å²) in [4.78, 5) is 24.3. The van der Waals surface area contributed by atoms with Crippen molar-refractivity contribution in [1.29, 1.82) is 0 Å². The third-order valence-electron chi connectivity index (χ3n) is 4.18. The number of phenolic OH excluding ortho intramolecular Hbond substituents is 1. The molecule has 0 unspecified atom stereocenters. The van der Waals surface area contributed by atoms with Crippen LogP contribution < -0.4 is 4.74 Å². The maximum atomic E-state index is 14.8. The van der Waals surface area contributed by atoms with Crippen molar-refractivity contribution in [3.05, 3.63) is 53.7 Å². The van der Waals surface area contributed by atoms with E-state index in [1.807, 2.05) is 0 Å². The monoisotopic (exact) mass is 458 g/mol. The molecule has 2 aromatic carbocycles. The Labute approximate surface area is 187 Å².